The number of anilines is 2. The Morgan fingerprint density at radius 1 is 1.18 bits per heavy atom. The van der Waals surface area contributed by atoms with E-state index in [1.165, 1.54) is 0 Å². The highest BCUT2D eigenvalue weighted by molar-refractivity contribution is 5.98. The van der Waals surface area contributed by atoms with Gasteiger partial charge in [0.05, 0.1) is 29.9 Å². The summed E-state index contributed by atoms with van der Waals surface area (Å²) < 4.78 is 7.67. The van der Waals surface area contributed by atoms with Gasteiger partial charge in [0, 0.05) is 31.7 Å². The quantitative estimate of drug-likeness (QED) is 0.622. The fourth-order valence-electron chi connectivity index (χ4n) is 5.04. The highest BCUT2D eigenvalue weighted by Gasteiger charge is 2.34. The first-order valence-corrected chi connectivity index (χ1v) is 11.6. The number of methoxy groups -OCH3 is 1. The molecular weight excluding hydrogens is 418 g/mol. The van der Waals surface area contributed by atoms with Crippen molar-refractivity contribution < 1.29 is 14.3 Å². The molecule has 1 unspecified atom stereocenters. The third-order valence-corrected chi connectivity index (χ3v) is 6.61. The summed E-state index contributed by atoms with van der Waals surface area (Å²) in [7, 11) is 1.59. The van der Waals surface area contributed by atoms with E-state index in [0.29, 0.717) is 36.6 Å². The Labute approximate surface area is 193 Å². The number of para-hydroxylation sites is 2. The normalized spacial score (nSPS) is 18.4. The Bertz CT molecular complexity index is 1200. The Balaban J connectivity index is 1.40. The van der Waals surface area contributed by atoms with Gasteiger partial charge in [0.15, 0.2) is 0 Å². The zero-order chi connectivity index (χ0) is 22.9. The van der Waals surface area contributed by atoms with Gasteiger partial charge in [0.25, 0.3) is 0 Å². The Hall–Kier alpha value is -3.55. The standard InChI is InChI=1S/C25H29N5O3/c1-3-28-19-9-5-4-8-18(19)27-24(28)20-10-6-15-30(20)25(32)26-17-12-13-22(33-2)21(16-17)29-14-7-11-23(29)31/h4-5,8-9,12-13,16,20H,3,6-7,10-11,14-15H2,1-2H3,(H,26,32). The third-order valence-electron chi connectivity index (χ3n) is 6.61. The van der Waals surface area contributed by atoms with Crippen LogP contribution < -0.4 is 15.0 Å². The molecule has 1 aromatic heterocycles. The minimum absolute atomic E-state index is 0.0739. The van der Waals surface area contributed by atoms with Gasteiger partial charge in [0.1, 0.15) is 11.6 Å². The van der Waals surface area contributed by atoms with Crippen LogP contribution in [0.25, 0.3) is 11.0 Å². The molecule has 5 rings (SSSR count). The summed E-state index contributed by atoms with van der Waals surface area (Å²) in [5.74, 6) is 1.64. The molecule has 0 radical (unpaired) electrons. The molecular formula is C25H29N5O3. The molecule has 2 fully saturated rings. The van der Waals surface area contributed by atoms with E-state index in [1.54, 1.807) is 18.1 Å². The van der Waals surface area contributed by atoms with Crippen molar-refractivity contribution in [1.82, 2.24) is 14.5 Å². The number of benzene rings is 2. The van der Waals surface area contributed by atoms with Crippen LogP contribution in [0.2, 0.25) is 0 Å². The lowest BCUT2D eigenvalue weighted by molar-refractivity contribution is -0.117. The molecule has 8 heteroatoms. The number of carbonyl (C=O) groups excluding carboxylic acids is 2. The molecule has 8 nitrogen and oxygen atoms in total. The van der Waals surface area contributed by atoms with Gasteiger partial charge in [-0.15, -0.1) is 0 Å². The number of fused-ring (bicyclic) bond motifs is 1. The molecule has 3 aromatic rings. The summed E-state index contributed by atoms with van der Waals surface area (Å²) in [4.78, 5) is 34.1. The van der Waals surface area contributed by atoms with Gasteiger partial charge < -0.3 is 24.4 Å². The van der Waals surface area contributed by atoms with Crippen molar-refractivity contribution in [2.75, 3.05) is 30.4 Å². The van der Waals surface area contributed by atoms with Crippen LogP contribution in [0.15, 0.2) is 42.5 Å². The highest BCUT2D eigenvalue weighted by Crippen LogP contribution is 2.36. The predicted molar refractivity (Wildman–Crippen MR) is 128 cm³/mol. The Kier molecular flexibility index (Phi) is 5.66. The van der Waals surface area contributed by atoms with E-state index in [9.17, 15) is 9.59 Å². The van der Waals surface area contributed by atoms with Crippen LogP contribution in [0.3, 0.4) is 0 Å². The number of ether oxygens (including phenoxy) is 1. The minimum atomic E-state index is -0.156. The van der Waals surface area contributed by atoms with Crippen LogP contribution in [-0.4, -0.2) is 46.6 Å². The number of likely N-dealkylation sites (tertiary alicyclic amines) is 1. The first-order chi connectivity index (χ1) is 16.1. The molecule has 2 aromatic carbocycles. The van der Waals surface area contributed by atoms with E-state index in [1.807, 2.05) is 35.2 Å². The first-order valence-electron chi connectivity index (χ1n) is 11.6. The van der Waals surface area contributed by atoms with Crippen molar-refractivity contribution in [1.29, 1.82) is 0 Å². The number of urea groups is 1. The van der Waals surface area contributed by atoms with Crippen molar-refractivity contribution in [3.05, 3.63) is 48.3 Å². The SMILES string of the molecule is CCn1c(C2CCCN2C(=O)Nc2ccc(OC)c(N3CCCC3=O)c2)nc2ccccc21. The van der Waals surface area contributed by atoms with E-state index < -0.39 is 0 Å². The molecule has 1 atom stereocenters. The lowest BCUT2D eigenvalue weighted by Gasteiger charge is -2.26. The second kappa shape index (κ2) is 8.77. The average Bonchev–Trinajstić information content (AvgIpc) is 3.56. The smallest absolute Gasteiger partial charge is 0.322 e. The molecule has 0 spiro atoms. The first kappa shape index (κ1) is 21.3. The summed E-state index contributed by atoms with van der Waals surface area (Å²) in [5, 5.41) is 3.04. The maximum atomic E-state index is 13.3. The van der Waals surface area contributed by atoms with Crippen LogP contribution in [0.1, 0.15) is 44.5 Å². The fourth-order valence-corrected chi connectivity index (χ4v) is 5.04. The summed E-state index contributed by atoms with van der Waals surface area (Å²) in [6, 6.07) is 13.3. The summed E-state index contributed by atoms with van der Waals surface area (Å²) in [6.07, 6.45) is 3.17. The molecule has 2 saturated heterocycles. The predicted octanol–water partition coefficient (Wildman–Crippen LogP) is 4.56. The number of hydrogen-bond donors (Lipinski definition) is 1. The minimum Gasteiger partial charge on any atom is -0.495 e. The topological polar surface area (TPSA) is 79.7 Å². The fraction of sp³-hybridized carbons (Fsp3) is 0.400. The van der Waals surface area contributed by atoms with Crippen LogP contribution >= 0.6 is 0 Å². The number of carbonyl (C=O) groups is 2. The number of hydrogen-bond acceptors (Lipinski definition) is 4. The largest absolute Gasteiger partial charge is 0.495 e. The van der Waals surface area contributed by atoms with E-state index in [2.05, 4.69) is 22.9 Å². The van der Waals surface area contributed by atoms with E-state index in [0.717, 1.165) is 42.7 Å². The number of aryl methyl sites for hydroxylation is 1. The molecule has 2 aliphatic rings. The Morgan fingerprint density at radius 2 is 2.03 bits per heavy atom. The van der Waals surface area contributed by atoms with Crippen molar-refractivity contribution in [3.8, 4) is 5.75 Å². The molecule has 0 bridgehead atoms. The van der Waals surface area contributed by atoms with E-state index in [4.69, 9.17) is 9.72 Å². The molecule has 1 N–H and O–H groups in total. The summed E-state index contributed by atoms with van der Waals surface area (Å²) in [6.45, 7) is 4.24. The van der Waals surface area contributed by atoms with Gasteiger partial charge in [-0.05, 0) is 56.5 Å². The van der Waals surface area contributed by atoms with Crippen molar-refractivity contribution in [2.24, 2.45) is 0 Å². The molecule has 0 saturated carbocycles. The monoisotopic (exact) mass is 447 g/mol. The van der Waals surface area contributed by atoms with Crippen molar-refractivity contribution in [3.63, 3.8) is 0 Å². The van der Waals surface area contributed by atoms with Crippen LogP contribution in [0.4, 0.5) is 16.2 Å². The lowest BCUT2D eigenvalue weighted by Crippen LogP contribution is -2.35. The van der Waals surface area contributed by atoms with E-state index in [-0.39, 0.29) is 18.0 Å². The molecule has 2 aliphatic heterocycles. The number of amides is 3. The molecule has 0 aliphatic carbocycles. The van der Waals surface area contributed by atoms with Crippen LogP contribution in [0.5, 0.6) is 5.75 Å². The average molecular weight is 448 g/mol. The maximum absolute atomic E-state index is 13.3. The molecule has 3 amide bonds. The highest BCUT2D eigenvalue weighted by atomic mass is 16.5. The van der Waals surface area contributed by atoms with Gasteiger partial charge in [-0.2, -0.15) is 0 Å². The summed E-state index contributed by atoms with van der Waals surface area (Å²) >= 11 is 0. The maximum Gasteiger partial charge on any atom is 0.322 e. The van der Waals surface area contributed by atoms with Crippen molar-refractivity contribution >= 4 is 34.3 Å². The molecule has 33 heavy (non-hydrogen) atoms. The molecule has 3 heterocycles. The second-order valence-electron chi connectivity index (χ2n) is 8.52. The number of nitrogens with one attached hydrogen (secondary N) is 1. The number of aromatic nitrogens is 2. The summed E-state index contributed by atoms with van der Waals surface area (Å²) in [5.41, 5.74) is 3.39. The number of imidazole rings is 1. The third kappa shape index (κ3) is 3.79. The lowest BCUT2D eigenvalue weighted by atomic mass is 10.2. The van der Waals surface area contributed by atoms with Crippen LogP contribution in [-0.2, 0) is 11.3 Å². The van der Waals surface area contributed by atoms with Gasteiger partial charge in [-0.3, -0.25) is 4.79 Å². The van der Waals surface area contributed by atoms with Crippen molar-refractivity contribution in [2.45, 2.75) is 45.2 Å². The van der Waals surface area contributed by atoms with Gasteiger partial charge in [-0.1, -0.05) is 12.1 Å². The van der Waals surface area contributed by atoms with Crippen LogP contribution in [0, 0.1) is 0 Å². The number of rotatable bonds is 5. The Morgan fingerprint density at radius 3 is 2.79 bits per heavy atom. The zero-order valence-electron chi connectivity index (χ0n) is 19.1. The number of nitrogens with zero attached hydrogens (tertiary/aromatic N) is 4. The molecule has 172 valence electrons. The van der Waals surface area contributed by atoms with Gasteiger partial charge >= 0.3 is 6.03 Å². The van der Waals surface area contributed by atoms with Gasteiger partial charge in [0.2, 0.25) is 5.91 Å². The zero-order valence-corrected chi connectivity index (χ0v) is 19.1. The second-order valence-corrected chi connectivity index (χ2v) is 8.52. The van der Waals surface area contributed by atoms with Gasteiger partial charge in [-0.25, -0.2) is 9.78 Å². The van der Waals surface area contributed by atoms with E-state index >= 15 is 0 Å².